The standard InChI is InChI=1S/C46H74NO11P/c1-3-5-7-9-11-12-13-14-15-16-17-22-25-29-33-37-45(50)58-42(39-56-59(53,54)57-40-43(47)46(51)52)38-55-44(49)36-32-28-24-21-19-18-20-23-27-31-35-41(48)34-30-26-10-8-6-4-2/h6,8,11-12,14-15,18-19,23-24,26-28,30-31,35,41-43,48H,3-5,7,9-10,13,16-17,20-22,25,29,32-34,36-40,47H2,1-2H3,(H,51,52)(H,53,54)/b8-6-,12-11-,15-14-,19-18-,27-23-,28-24-,30-26-,35-31+/t41?,42-,43+/m1/s1. The molecule has 0 amide bonds. The number of carboxylic acids is 1. The molecule has 2 unspecified atom stereocenters. The van der Waals surface area contributed by atoms with Gasteiger partial charge in [0.25, 0.3) is 0 Å². The van der Waals surface area contributed by atoms with Gasteiger partial charge in [-0.15, -0.1) is 0 Å². The van der Waals surface area contributed by atoms with Gasteiger partial charge in [0.1, 0.15) is 12.6 Å². The van der Waals surface area contributed by atoms with E-state index in [0.29, 0.717) is 25.7 Å². The van der Waals surface area contributed by atoms with E-state index in [1.165, 1.54) is 19.3 Å². The molecule has 0 saturated heterocycles. The van der Waals surface area contributed by atoms with Gasteiger partial charge < -0.3 is 30.3 Å². The summed E-state index contributed by atoms with van der Waals surface area (Å²) in [6, 6.07) is -1.55. The second-order valence-electron chi connectivity index (χ2n) is 13.9. The molecule has 0 aromatic rings. The molecule has 0 heterocycles. The lowest BCUT2D eigenvalue weighted by molar-refractivity contribution is -0.161. The summed E-state index contributed by atoms with van der Waals surface area (Å²) in [6.07, 6.45) is 46.5. The highest BCUT2D eigenvalue weighted by atomic mass is 31.2. The van der Waals surface area contributed by atoms with E-state index in [1.54, 1.807) is 6.08 Å². The van der Waals surface area contributed by atoms with Crippen LogP contribution in [0.5, 0.6) is 0 Å². The zero-order valence-electron chi connectivity index (χ0n) is 35.7. The molecule has 0 saturated carbocycles. The number of aliphatic hydroxyl groups is 1. The van der Waals surface area contributed by atoms with Gasteiger partial charge >= 0.3 is 25.7 Å². The molecular weight excluding hydrogens is 773 g/mol. The van der Waals surface area contributed by atoms with Crippen molar-refractivity contribution in [1.82, 2.24) is 0 Å². The lowest BCUT2D eigenvalue weighted by Gasteiger charge is -2.20. The number of aliphatic carboxylic acids is 1. The molecule has 5 N–H and O–H groups in total. The molecule has 0 aliphatic carbocycles. The third kappa shape index (κ3) is 39.6. The van der Waals surface area contributed by atoms with Gasteiger partial charge in [-0.3, -0.25) is 23.4 Å². The summed E-state index contributed by atoms with van der Waals surface area (Å²) in [5, 5.41) is 18.9. The van der Waals surface area contributed by atoms with Crippen molar-refractivity contribution in [2.45, 2.75) is 154 Å². The first-order valence-electron chi connectivity index (χ1n) is 21.4. The van der Waals surface area contributed by atoms with E-state index < -0.39 is 63.8 Å². The summed E-state index contributed by atoms with van der Waals surface area (Å²) in [7, 11) is -4.75. The van der Waals surface area contributed by atoms with Crippen molar-refractivity contribution in [3.05, 3.63) is 97.2 Å². The number of carbonyl (C=O) groups excluding carboxylic acids is 2. The second-order valence-corrected chi connectivity index (χ2v) is 15.4. The van der Waals surface area contributed by atoms with Crippen LogP contribution < -0.4 is 5.73 Å². The van der Waals surface area contributed by atoms with Crippen LogP contribution in [0.1, 0.15) is 136 Å². The summed E-state index contributed by atoms with van der Waals surface area (Å²) in [5.41, 5.74) is 5.32. The minimum absolute atomic E-state index is 0.0645. The molecule has 12 nitrogen and oxygen atoms in total. The predicted molar refractivity (Wildman–Crippen MR) is 236 cm³/mol. The smallest absolute Gasteiger partial charge is 0.472 e. The molecule has 0 fully saturated rings. The van der Waals surface area contributed by atoms with Gasteiger partial charge in [-0.25, -0.2) is 4.57 Å². The fourth-order valence-corrected chi connectivity index (χ4v) is 5.80. The van der Waals surface area contributed by atoms with Crippen LogP contribution in [0.2, 0.25) is 0 Å². The van der Waals surface area contributed by atoms with Crippen molar-refractivity contribution in [2.24, 2.45) is 5.73 Å². The average Bonchev–Trinajstić information content (AvgIpc) is 3.21. The Bertz CT molecular complexity index is 1380. The van der Waals surface area contributed by atoms with E-state index in [1.807, 2.05) is 54.7 Å². The van der Waals surface area contributed by atoms with Crippen molar-refractivity contribution in [3.63, 3.8) is 0 Å². The molecule has 0 bridgehead atoms. The Balaban J connectivity index is 4.59. The normalized spacial score (nSPS) is 15.2. The van der Waals surface area contributed by atoms with Crippen molar-refractivity contribution in [1.29, 1.82) is 0 Å². The number of aliphatic hydroxyl groups excluding tert-OH is 1. The van der Waals surface area contributed by atoms with Crippen LogP contribution in [-0.2, 0) is 37.5 Å². The van der Waals surface area contributed by atoms with E-state index in [0.717, 1.165) is 64.2 Å². The van der Waals surface area contributed by atoms with Gasteiger partial charge in [0.15, 0.2) is 6.10 Å². The first-order chi connectivity index (χ1) is 28.5. The number of allylic oxidation sites excluding steroid dienone is 14. The molecule has 13 heteroatoms. The fraction of sp³-hybridized carbons (Fsp3) is 0.587. The number of nitrogens with two attached hydrogens (primary N) is 1. The van der Waals surface area contributed by atoms with Crippen LogP contribution in [0.4, 0.5) is 0 Å². The van der Waals surface area contributed by atoms with Crippen molar-refractivity contribution < 1.29 is 52.6 Å². The van der Waals surface area contributed by atoms with Crippen LogP contribution in [-0.4, -0.2) is 71.1 Å². The Labute approximate surface area is 354 Å². The number of carboxylic acid groups (broad SMARTS) is 1. The topological polar surface area (TPSA) is 192 Å². The minimum Gasteiger partial charge on any atom is -0.480 e. The van der Waals surface area contributed by atoms with Gasteiger partial charge in [-0.1, -0.05) is 143 Å². The molecule has 334 valence electrons. The monoisotopic (exact) mass is 847 g/mol. The third-order valence-corrected chi connectivity index (χ3v) is 9.36. The van der Waals surface area contributed by atoms with Gasteiger partial charge in [0.2, 0.25) is 0 Å². The first kappa shape index (κ1) is 55.4. The molecule has 0 radical (unpaired) electrons. The minimum atomic E-state index is -4.75. The first-order valence-corrected chi connectivity index (χ1v) is 22.9. The van der Waals surface area contributed by atoms with Gasteiger partial charge in [0, 0.05) is 12.8 Å². The zero-order chi connectivity index (χ0) is 43.7. The van der Waals surface area contributed by atoms with Crippen molar-refractivity contribution >= 4 is 25.7 Å². The molecule has 0 aromatic heterocycles. The lowest BCUT2D eigenvalue weighted by Crippen LogP contribution is -2.34. The summed E-state index contributed by atoms with van der Waals surface area (Å²) >= 11 is 0. The maximum atomic E-state index is 12.6. The van der Waals surface area contributed by atoms with E-state index in [2.05, 4.69) is 54.8 Å². The third-order valence-electron chi connectivity index (χ3n) is 8.41. The molecule has 59 heavy (non-hydrogen) atoms. The number of hydrogen-bond donors (Lipinski definition) is 4. The molecule has 0 aromatic carbocycles. The maximum absolute atomic E-state index is 12.6. The fourth-order valence-electron chi connectivity index (χ4n) is 5.03. The number of phosphoric acid groups is 1. The highest BCUT2D eigenvalue weighted by Crippen LogP contribution is 2.43. The van der Waals surface area contributed by atoms with E-state index in [-0.39, 0.29) is 12.8 Å². The number of hydrogen-bond acceptors (Lipinski definition) is 10. The van der Waals surface area contributed by atoms with Gasteiger partial charge in [-0.05, 0) is 77.0 Å². The Hall–Kier alpha value is -3.64. The SMILES string of the molecule is CC/C=C\C/C=C\CC(O)/C=C/C=C\C/C=C\C/C=C\CCC(=O)OC[C@H](COP(=O)(O)OC[C@H](N)C(=O)O)OC(=O)CCCCCCC/C=C\C/C=C\CCCCC. The highest BCUT2D eigenvalue weighted by Gasteiger charge is 2.28. The Morgan fingerprint density at radius 2 is 1.19 bits per heavy atom. The van der Waals surface area contributed by atoms with Crippen LogP contribution in [0, 0.1) is 0 Å². The van der Waals surface area contributed by atoms with Crippen LogP contribution in [0.25, 0.3) is 0 Å². The lowest BCUT2D eigenvalue weighted by atomic mass is 10.1. The van der Waals surface area contributed by atoms with Crippen molar-refractivity contribution in [2.75, 3.05) is 19.8 Å². The largest absolute Gasteiger partial charge is 0.480 e. The molecule has 4 atom stereocenters. The summed E-state index contributed by atoms with van der Waals surface area (Å²) in [6.45, 7) is 2.47. The molecule has 0 rings (SSSR count). The van der Waals surface area contributed by atoms with E-state index in [4.69, 9.17) is 24.8 Å². The highest BCUT2D eigenvalue weighted by molar-refractivity contribution is 7.47. The number of unbranched alkanes of at least 4 members (excludes halogenated alkanes) is 8. The number of carbonyl (C=O) groups is 3. The molecule has 0 aliphatic rings. The molecular formula is C46H74NO11P. The van der Waals surface area contributed by atoms with Crippen molar-refractivity contribution in [3.8, 4) is 0 Å². The summed E-state index contributed by atoms with van der Waals surface area (Å²) in [4.78, 5) is 45.9. The Morgan fingerprint density at radius 3 is 1.85 bits per heavy atom. The average molecular weight is 848 g/mol. The number of rotatable bonds is 38. The van der Waals surface area contributed by atoms with E-state index in [9.17, 15) is 28.9 Å². The number of phosphoric ester groups is 1. The van der Waals surface area contributed by atoms with Crippen LogP contribution in [0.3, 0.4) is 0 Å². The number of ether oxygens (including phenoxy) is 2. The predicted octanol–water partition coefficient (Wildman–Crippen LogP) is 10.2. The summed E-state index contributed by atoms with van der Waals surface area (Å²) in [5.74, 6) is -2.55. The number of esters is 2. The molecule has 0 spiro atoms. The zero-order valence-corrected chi connectivity index (χ0v) is 36.6. The van der Waals surface area contributed by atoms with Gasteiger partial charge in [-0.2, -0.15) is 0 Å². The van der Waals surface area contributed by atoms with Crippen LogP contribution in [0.15, 0.2) is 97.2 Å². The van der Waals surface area contributed by atoms with E-state index >= 15 is 0 Å². The molecule has 0 aliphatic heterocycles. The van der Waals surface area contributed by atoms with Gasteiger partial charge in [0.05, 0.1) is 19.3 Å². The van der Waals surface area contributed by atoms with Crippen LogP contribution >= 0.6 is 7.82 Å². The Morgan fingerprint density at radius 1 is 0.627 bits per heavy atom. The Kier molecular flexibility index (Phi) is 37.3. The quantitative estimate of drug-likeness (QED) is 0.0151. The summed E-state index contributed by atoms with van der Waals surface area (Å²) < 4.78 is 32.5. The second kappa shape index (κ2) is 39.8. The maximum Gasteiger partial charge on any atom is 0.472 e.